The fourth-order valence-electron chi connectivity index (χ4n) is 3.77. The number of hydrogen-bond acceptors (Lipinski definition) is 3. The molecule has 1 saturated carbocycles. The predicted molar refractivity (Wildman–Crippen MR) is 97.8 cm³/mol. The normalized spacial score (nSPS) is 20.2. The molecule has 0 radical (unpaired) electrons. The summed E-state index contributed by atoms with van der Waals surface area (Å²) in [6.45, 7) is 1.92. The number of nitrogens with one attached hydrogen (secondary N) is 1. The van der Waals surface area contributed by atoms with E-state index >= 15 is 0 Å². The lowest BCUT2D eigenvalue weighted by atomic mass is 9.79. The number of aryl methyl sites for hydroxylation is 1. The second kappa shape index (κ2) is 7.64. The van der Waals surface area contributed by atoms with Crippen LogP contribution in [0.15, 0.2) is 41.3 Å². The summed E-state index contributed by atoms with van der Waals surface area (Å²) in [6, 6.07) is 10.5. The minimum atomic E-state index is -0.351. The molecule has 132 valence electrons. The van der Waals surface area contributed by atoms with Crippen LogP contribution < -0.4 is 5.56 Å². The lowest BCUT2D eigenvalue weighted by Gasteiger charge is -2.38. The first-order valence-electron chi connectivity index (χ1n) is 9.02. The van der Waals surface area contributed by atoms with Gasteiger partial charge in [0.25, 0.3) is 11.5 Å². The van der Waals surface area contributed by atoms with Gasteiger partial charge in [0.15, 0.2) is 0 Å². The van der Waals surface area contributed by atoms with E-state index < -0.39 is 0 Å². The Morgan fingerprint density at radius 3 is 2.64 bits per heavy atom. The van der Waals surface area contributed by atoms with E-state index in [0.29, 0.717) is 18.2 Å². The second-order valence-electron chi connectivity index (χ2n) is 6.71. The SMILES string of the molecule is CCc1ncc(C(=O)N(C)C2CCCCC2c2ccccc2)c(=O)[nH]1. The standard InChI is InChI=1S/C20H25N3O2/c1-3-18-21-13-16(19(24)22-18)20(25)23(2)17-12-8-7-11-15(17)14-9-5-4-6-10-14/h4-6,9-10,13,15,17H,3,7-8,11-12H2,1-2H3,(H,21,22,24). The van der Waals surface area contributed by atoms with Gasteiger partial charge in [-0.05, 0) is 18.4 Å². The predicted octanol–water partition coefficient (Wildman–Crippen LogP) is 3.13. The number of aromatic nitrogens is 2. The summed E-state index contributed by atoms with van der Waals surface area (Å²) in [7, 11) is 1.81. The lowest BCUT2D eigenvalue weighted by Crippen LogP contribution is -2.44. The van der Waals surface area contributed by atoms with Gasteiger partial charge >= 0.3 is 0 Å². The maximum atomic E-state index is 12.9. The van der Waals surface area contributed by atoms with Crippen molar-refractivity contribution in [2.45, 2.75) is 51.0 Å². The Bertz CT molecular complexity index is 785. The first kappa shape index (κ1) is 17.4. The van der Waals surface area contributed by atoms with Crippen LogP contribution in [0.2, 0.25) is 0 Å². The number of amides is 1. The zero-order valence-corrected chi connectivity index (χ0v) is 14.9. The van der Waals surface area contributed by atoms with Crippen LogP contribution in [0.1, 0.15) is 60.3 Å². The maximum absolute atomic E-state index is 12.9. The molecule has 0 spiro atoms. The summed E-state index contributed by atoms with van der Waals surface area (Å²) in [6.07, 6.45) is 6.35. The number of benzene rings is 1. The van der Waals surface area contributed by atoms with E-state index in [9.17, 15) is 9.59 Å². The van der Waals surface area contributed by atoms with Crippen LogP contribution in [-0.2, 0) is 6.42 Å². The Kier molecular flexibility index (Phi) is 5.31. The van der Waals surface area contributed by atoms with E-state index in [2.05, 4.69) is 22.1 Å². The summed E-state index contributed by atoms with van der Waals surface area (Å²) in [5.41, 5.74) is 1.04. The Hall–Kier alpha value is -2.43. The van der Waals surface area contributed by atoms with Crippen LogP contribution in [0.5, 0.6) is 0 Å². The molecule has 1 aliphatic carbocycles. The summed E-state index contributed by atoms with van der Waals surface area (Å²) >= 11 is 0. The van der Waals surface area contributed by atoms with E-state index in [1.807, 2.05) is 25.1 Å². The highest BCUT2D eigenvalue weighted by atomic mass is 16.2. The maximum Gasteiger partial charge on any atom is 0.263 e. The Morgan fingerprint density at radius 2 is 1.96 bits per heavy atom. The largest absolute Gasteiger partial charge is 0.338 e. The van der Waals surface area contributed by atoms with Gasteiger partial charge in [-0.15, -0.1) is 0 Å². The molecule has 0 saturated heterocycles. The summed E-state index contributed by atoms with van der Waals surface area (Å²) in [5, 5.41) is 0. The molecule has 2 aromatic rings. The number of aromatic amines is 1. The monoisotopic (exact) mass is 339 g/mol. The molecule has 1 heterocycles. The van der Waals surface area contributed by atoms with Crippen molar-refractivity contribution in [1.29, 1.82) is 0 Å². The average Bonchev–Trinajstić information content (AvgIpc) is 2.67. The van der Waals surface area contributed by atoms with Gasteiger partial charge in [-0.25, -0.2) is 4.98 Å². The Morgan fingerprint density at radius 1 is 1.24 bits per heavy atom. The fourth-order valence-corrected chi connectivity index (χ4v) is 3.77. The van der Waals surface area contributed by atoms with Crippen LogP contribution >= 0.6 is 0 Å². The van der Waals surface area contributed by atoms with Crippen molar-refractivity contribution in [3.8, 4) is 0 Å². The molecule has 1 aromatic heterocycles. The molecule has 1 fully saturated rings. The number of carbonyl (C=O) groups is 1. The number of hydrogen-bond donors (Lipinski definition) is 1. The van der Waals surface area contributed by atoms with Crippen molar-refractivity contribution in [3.05, 3.63) is 63.8 Å². The number of nitrogens with zero attached hydrogens (tertiary/aromatic N) is 2. The molecule has 2 atom stereocenters. The van der Waals surface area contributed by atoms with E-state index in [-0.39, 0.29) is 23.1 Å². The zero-order valence-electron chi connectivity index (χ0n) is 14.9. The van der Waals surface area contributed by atoms with Crippen molar-refractivity contribution < 1.29 is 4.79 Å². The minimum Gasteiger partial charge on any atom is -0.338 e. The molecular weight excluding hydrogens is 314 g/mol. The molecule has 5 heteroatoms. The van der Waals surface area contributed by atoms with Crippen molar-refractivity contribution in [2.24, 2.45) is 0 Å². The van der Waals surface area contributed by atoms with Crippen molar-refractivity contribution in [1.82, 2.24) is 14.9 Å². The molecule has 1 N–H and O–H groups in total. The molecule has 0 aliphatic heterocycles. The summed E-state index contributed by atoms with van der Waals surface area (Å²) in [4.78, 5) is 33.8. The van der Waals surface area contributed by atoms with E-state index in [0.717, 1.165) is 19.3 Å². The van der Waals surface area contributed by atoms with E-state index in [1.54, 1.807) is 11.9 Å². The number of carbonyl (C=O) groups excluding carboxylic acids is 1. The molecule has 1 amide bonds. The topological polar surface area (TPSA) is 66.1 Å². The van der Waals surface area contributed by atoms with Crippen LogP contribution in [0, 0.1) is 0 Å². The molecule has 5 nitrogen and oxygen atoms in total. The van der Waals surface area contributed by atoms with Gasteiger partial charge < -0.3 is 9.88 Å². The number of likely N-dealkylation sites (N-methyl/N-ethyl adjacent to an activating group) is 1. The fraction of sp³-hybridized carbons (Fsp3) is 0.450. The number of H-pyrrole nitrogens is 1. The van der Waals surface area contributed by atoms with Gasteiger partial charge in [0.2, 0.25) is 0 Å². The smallest absolute Gasteiger partial charge is 0.263 e. The van der Waals surface area contributed by atoms with Gasteiger partial charge in [-0.3, -0.25) is 9.59 Å². The van der Waals surface area contributed by atoms with Crippen molar-refractivity contribution in [3.63, 3.8) is 0 Å². The second-order valence-corrected chi connectivity index (χ2v) is 6.71. The molecule has 3 rings (SSSR count). The van der Waals surface area contributed by atoms with Gasteiger partial charge in [0.05, 0.1) is 0 Å². The van der Waals surface area contributed by atoms with Crippen LogP contribution in [0.4, 0.5) is 0 Å². The first-order chi connectivity index (χ1) is 12.1. The third-order valence-corrected chi connectivity index (χ3v) is 5.19. The van der Waals surface area contributed by atoms with Gasteiger partial charge in [0, 0.05) is 31.6 Å². The summed E-state index contributed by atoms with van der Waals surface area (Å²) in [5.74, 6) is 0.666. The van der Waals surface area contributed by atoms with Gasteiger partial charge in [-0.1, -0.05) is 50.1 Å². The third kappa shape index (κ3) is 3.65. The molecule has 2 unspecified atom stereocenters. The first-order valence-corrected chi connectivity index (χ1v) is 9.02. The zero-order chi connectivity index (χ0) is 17.8. The van der Waals surface area contributed by atoms with Crippen LogP contribution in [0.3, 0.4) is 0 Å². The molecule has 25 heavy (non-hydrogen) atoms. The Balaban J connectivity index is 1.86. The highest BCUT2D eigenvalue weighted by Gasteiger charge is 2.32. The molecule has 1 aromatic carbocycles. The molecular formula is C20H25N3O2. The van der Waals surface area contributed by atoms with E-state index in [1.165, 1.54) is 18.2 Å². The van der Waals surface area contributed by atoms with Crippen LogP contribution in [-0.4, -0.2) is 33.9 Å². The average molecular weight is 339 g/mol. The Labute approximate surface area is 148 Å². The third-order valence-electron chi connectivity index (χ3n) is 5.19. The quantitative estimate of drug-likeness (QED) is 0.930. The van der Waals surface area contributed by atoms with Gasteiger partial charge in [-0.2, -0.15) is 0 Å². The lowest BCUT2D eigenvalue weighted by molar-refractivity contribution is 0.0667. The number of rotatable bonds is 4. The van der Waals surface area contributed by atoms with Crippen molar-refractivity contribution >= 4 is 5.91 Å². The highest BCUT2D eigenvalue weighted by Crippen LogP contribution is 2.36. The van der Waals surface area contributed by atoms with Gasteiger partial charge in [0.1, 0.15) is 11.4 Å². The molecule has 0 bridgehead atoms. The minimum absolute atomic E-state index is 0.105. The van der Waals surface area contributed by atoms with Crippen LogP contribution in [0.25, 0.3) is 0 Å². The van der Waals surface area contributed by atoms with Crippen molar-refractivity contribution in [2.75, 3.05) is 7.05 Å². The summed E-state index contributed by atoms with van der Waals surface area (Å²) < 4.78 is 0. The van der Waals surface area contributed by atoms with E-state index in [4.69, 9.17) is 0 Å². The highest BCUT2D eigenvalue weighted by molar-refractivity contribution is 5.93. The molecule has 1 aliphatic rings.